The lowest BCUT2D eigenvalue weighted by Crippen LogP contribution is -2.21. The number of hydrogen-bond acceptors (Lipinski definition) is 0. The predicted octanol–water partition coefficient (Wildman–Crippen LogP) is 21.9. The summed E-state index contributed by atoms with van der Waals surface area (Å²) >= 11 is 0. The summed E-state index contributed by atoms with van der Waals surface area (Å²) < 4.78 is 0. The Hall–Kier alpha value is -0.260. The molecule has 0 spiro atoms. The molecule has 0 fully saturated rings. The first kappa shape index (κ1) is 54.8. The van der Waals surface area contributed by atoms with E-state index in [1.165, 1.54) is 321 Å². The van der Waals surface area contributed by atoms with Gasteiger partial charge in [0.25, 0.3) is 0 Å². The van der Waals surface area contributed by atoms with Crippen LogP contribution in [-0.4, -0.2) is 0 Å². The van der Waals surface area contributed by atoms with Crippen molar-refractivity contribution < 1.29 is 0 Å². The van der Waals surface area contributed by atoms with Crippen LogP contribution in [0.1, 0.15) is 349 Å². The molecule has 0 heteroatoms. The van der Waals surface area contributed by atoms with Gasteiger partial charge in [0.2, 0.25) is 0 Å². The Morgan fingerprint density at radius 3 is 0.772 bits per heavy atom. The Balaban J connectivity index is 2.74. The molecule has 0 amide bonds. The highest BCUT2D eigenvalue weighted by atomic mass is 14.4. The van der Waals surface area contributed by atoms with E-state index in [2.05, 4.69) is 33.3 Å². The van der Waals surface area contributed by atoms with E-state index in [9.17, 15) is 0 Å². The molecule has 0 bridgehead atoms. The lowest BCUT2D eigenvalue weighted by molar-refractivity contribution is 0.265. The van der Waals surface area contributed by atoms with Crippen LogP contribution in [0.4, 0.5) is 0 Å². The molecule has 1 aliphatic rings. The minimum absolute atomic E-state index is 0.574. The fourth-order valence-corrected chi connectivity index (χ4v) is 10.7. The van der Waals surface area contributed by atoms with Crippen molar-refractivity contribution in [1.29, 1.82) is 0 Å². The van der Waals surface area contributed by atoms with Crippen molar-refractivity contribution in [3.05, 3.63) is 11.1 Å². The normalized spacial score (nSPS) is 14.1. The first-order valence-corrected chi connectivity index (χ1v) is 27.9. The van der Waals surface area contributed by atoms with E-state index in [-0.39, 0.29) is 0 Å². The zero-order valence-electron chi connectivity index (χ0n) is 40.9. The SMILES string of the molecule is CCCCCCCCCCCCCC1=C(CCCCCCCCCCCCC)C(CCCCCCCCCCCCC)(CCCCCCCCCCCCC)CC1. The van der Waals surface area contributed by atoms with Gasteiger partial charge in [0.1, 0.15) is 0 Å². The van der Waals surface area contributed by atoms with Gasteiger partial charge in [-0.1, -0.05) is 309 Å². The van der Waals surface area contributed by atoms with Crippen LogP contribution in [0.2, 0.25) is 0 Å². The summed E-state index contributed by atoms with van der Waals surface area (Å²) in [4.78, 5) is 0. The van der Waals surface area contributed by atoms with E-state index in [0.29, 0.717) is 5.41 Å². The van der Waals surface area contributed by atoms with Crippen molar-refractivity contribution in [3.63, 3.8) is 0 Å². The molecule has 0 saturated heterocycles. The van der Waals surface area contributed by atoms with Crippen molar-refractivity contribution >= 4 is 0 Å². The highest BCUT2D eigenvalue weighted by Gasteiger charge is 2.38. The van der Waals surface area contributed by atoms with Crippen LogP contribution in [0.25, 0.3) is 0 Å². The molecule has 0 aromatic rings. The molecule has 0 heterocycles. The minimum atomic E-state index is 0.574. The molecule has 1 rings (SSSR count). The maximum atomic E-state index is 2.34. The Bertz CT molecular complexity index is 777. The highest BCUT2D eigenvalue weighted by molar-refractivity contribution is 5.29. The van der Waals surface area contributed by atoms with Gasteiger partial charge >= 0.3 is 0 Å². The molecule has 340 valence electrons. The van der Waals surface area contributed by atoms with Gasteiger partial charge in [-0.15, -0.1) is 0 Å². The summed E-state index contributed by atoms with van der Waals surface area (Å²) in [7, 11) is 0. The summed E-state index contributed by atoms with van der Waals surface area (Å²) in [6.07, 6.45) is 73.6. The van der Waals surface area contributed by atoms with Crippen molar-refractivity contribution in [2.45, 2.75) is 349 Å². The van der Waals surface area contributed by atoms with Crippen LogP contribution < -0.4 is 0 Å². The van der Waals surface area contributed by atoms with E-state index in [0.717, 1.165) is 0 Å². The van der Waals surface area contributed by atoms with Gasteiger partial charge < -0.3 is 0 Å². The van der Waals surface area contributed by atoms with Crippen molar-refractivity contribution in [2.24, 2.45) is 5.41 Å². The lowest BCUT2D eigenvalue weighted by atomic mass is 9.71. The smallest absolute Gasteiger partial charge is 0.00824 e. The number of unbranched alkanes of at least 4 members (excludes halogenated alkanes) is 40. The van der Waals surface area contributed by atoms with E-state index >= 15 is 0 Å². The lowest BCUT2D eigenvalue weighted by Gasteiger charge is -2.34. The second-order valence-corrected chi connectivity index (χ2v) is 20.0. The van der Waals surface area contributed by atoms with Gasteiger partial charge in [0.05, 0.1) is 0 Å². The molecule has 0 nitrogen and oxygen atoms in total. The van der Waals surface area contributed by atoms with Gasteiger partial charge in [-0.2, -0.15) is 0 Å². The topological polar surface area (TPSA) is 0 Å². The molecule has 0 radical (unpaired) electrons. The molecule has 0 aromatic heterocycles. The number of allylic oxidation sites excluding steroid dienone is 2. The second kappa shape index (κ2) is 43.8. The highest BCUT2D eigenvalue weighted by Crippen LogP contribution is 2.53. The predicted molar refractivity (Wildman–Crippen MR) is 263 cm³/mol. The maximum Gasteiger partial charge on any atom is -0.00824 e. The average Bonchev–Trinajstić information content (AvgIpc) is 3.56. The van der Waals surface area contributed by atoms with Gasteiger partial charge in [-0.3, -0.25) is 0 Å². The van der Waals surface area contributed by atoms with Gasteiger partial charge in [0.15, 0.2) is 0 Å². The number of hydrogen-bond donors (Lipinski definition) is 0. The quantitative estimate of drug-likeness (QED) is 0.0425. The van der Waals surface area contributed by atoms with Crippen LogP contribution in [0.15, 0.2) is 11.1 Å². The average molecular weight is 798 g/mol. The zero-order chi connectivity index (χ0) is 41.0. The largest absolute Gasteiger partial charge is 0.0704 e. The molecule has 1 aliphatic carbocycles. The van der Waals surface area contributed by atoms with E-state index in [1.807, 2.05) is 5.57 Å². The van der Waals surface area contributed by atoms with Gasteiger partial charge in [0, 0.05) is 0 Å². The molecule has 0 aromatic carbocycles. The van der Waals surface area contributed by atoms with E-state index in [1.54, 1.807) is 0 Å². The summed E-state index contributed by atoms with van der Waals surface area (Å²) in [6, 6.07) is 0. The molecule has 0 unspecified atom stereocenters. The molecule has 0 N–H and O–H groups in total. The fourth-order valence-electron chi connectivity index (χ4n) is 10.7. The summed E-state index contributed by atoms with van der Waals surface area (Å²) in [5.74, 6) is 0. The Labute approximate surface area is 363 Å². The third-order valence-corrected chi connectivity index (χ3v) is 14.6. The Morgan fingerprint density at radius 2 is 0.491 bits per heavy atom. The summed E-state index contributed by atoms with van der Waals surface area (Å²) in [6.45, 7) is 9.35. The number of rotatable bonds is 48. The van der Waals surface area contributed by atoms with Crippen molar-refractivity contribution in [3.8, 4) is 0 Å². The molecule has 0 aliphatic heterocycles. The molecular formula is C57H112. The van der Waals surface area contributed by atoms with Crippen molar-refractivity contribution in [1.82, 2.24) is 0 Å². The van der Waals surface area contributed by atoms with Crippen LogP contribution in [0.5, 0.6) is 0 Å². The van der Waals surface area contributed by atoms with E-state index < -0.39 is 0 Å². The monoisotopic (exact) mass is 797 g/mol. The van der Waals surface area contributed by atoms with Crippen molar-refractivity contribution in [2.75, 3.05) is 0 Å². The van der Waals surface area contributed by atoms with Crippen LogP contribution in [0.3, 0.4) is 0 Å². The molecule has 57 heavy (non-hydrogen) atoms. The standard InChI is InChI=1S/C57H112/c1-5-9-13-17-21-25-29-33-37-41-45-49-55-51-54-57(52-47-43-39-35-31-27-23-19-15-11-7-3,53-48-44-40-36-32-28-24-20-16-12-8-4)56(55)50-46-42-38-34-30-26-22-18-14-10-6-2/h5-54H2,1-4H3. The summed E-state index contributed by atoms with van der Waals surface area (Å²) in [5, 5.41) is 0. The van der Waals surface area contributed by atoms with E-state index in [4.69, 9.17) is 0 Å². The first-order valence-electron chi connectivity index (χ1n) is 27.9. The minimum Gasteiger partial charge on any atom is -0.0704 e. The van der Waals surface area contributed by atoms with Gasteiger partial charge in [-0.05, 0) is 56.8 Å². The van der Waals surface area contributed by atoms with Gasteiger partial charge in [-0.25, -0.2) is 0 Å². The maximum absolute atomic E-state index is 2.34. The molecule has 0 atom stereocenters. The second-order valence-electron chi connectivity index (χ2n) is 20.0. The van der Waals surface area contributed by atoms with Crippen LogP contribution in [-0.2, 0) is 0 Å². The summed E-state index contributed by atoms with van der Waals surface area (Å²) in [5.41, 5.74) is 4.62. The van der Waals surface area contributed by atoms with Crippen LogP contribution in [0, 0.1) is 5.41 Å². The Kier molecular flexibility index (Phi) is 42.1. The third-order valence-electron chi connectivity index (χ3n) is 14.6. The van der Waals surface area contributed by atoms with Crippen LogP contribution >= 0.6 is 0 Å². The zero-order valence-corrected chi connectivity index (χ0v) is 40.9. The molecular weight excluding hydrogens is 685 g/mol. The molecule has 0 saturated carbocycles. The third kappa shape index (κ3) is 33.1. The first-order chi connectivity index (χ1) is 28.2. The Morgan fingerprint density at radius 1 is 0.263 bits per heavy atom. The fraction of sp³-hybridized carbons (Fsp3) is 0.965.